The molecule has 2 nitrogen and oxygen atoms in total. The first-order valence-corrected chi connectivity index (χ1v) is 5.32. The number of hydrogen-bond acceptors (Lipinski definition) is 2. The Bertz CT molecular complexity index is 153. The molecule has 1 rings (SSSR count). The van der Waals surface area contributed by atoms with Gasteiger partial charge in [-0.1, -0.05) is 13.8 Å². The van der Waals surface area contributed by atoms with Crippen molar-refractivity contribution in [3.05, 3.63) is 0 Å². The quantitative estimate of drug-likeness (QED) is 0.671. The predicted molar refractivity (Wildman–Crippen MR) is 52.7 cm³/mol. The molecule has 0 atom stereocenters. The van der Waals surface area contributed by atoms with Crippen molar-refractivity contribution >= 4 is 5.78 Å². The Morgan fingerprint density at radius 3 is 2.54 bits per heavy atom. The lowest BCUT2D eigenvalue weighted by molar-refractivity contribution is -0.123. The van der Waals surface area contributed by atoms with Crippen molar-refractivity contribution in [2.45, 2.75) is 52.1 Å². The molecule has 0 radical (unpaired) electrons. The maximum Gasteiger partial charge on any atom is 0.133 e. The van der Waals surface area contributed by atoms with Gasteiger partial charge in [0.05, 0.1) is 6.10 Å². The average molecular weight is 184 g/mol. The van der Waals surface area contributed by atoms with Gasteiger partial charge in [-0.25, -0.2) is 0 Å². The van der Waals surface area contributed by atoms with Gasteiger partial charge in [0.1, 0.15) is 5.78 Å². The Balaban J connectivity index is 2.05. The molecular formula is C11H20O2. The molecule has 0 amide bonds. The van der Waals surface area contributed by atoms with Crippen molar-refractivity contribution in [2.75, 3.05) is 6.61 Å². The molecule has 1 saturated carbocycles. The fraction of sp³-hybridized carbons (Fsp3) is 0.909. The molecular weight excluding hydrogens is 164 g/mol. The molecule has 2 heteroatoms. The van der Waals surface area contributed by atoms with Gasteiger partial charge in [0, 0.05) is 19.4 Å². The summed E-state index contributed by atoms with van der Waals surface area (Å²) in [5, 5.41) is 0. The molecule has 0 N–H and O–H groups in total. The number of ether oxygens (including phenoxy) is 1. The molecule has 0 aromatic heterocycles. The van der Waals surface area contributed by atoms with Gasteiger partial charge < -0.3 is 4.74 Å². The molecule has 1 aliphatic carbocycles. The average Bonchev–Trinajstić information content (AvgIpc) is 2.08. The van der Waals surface area contributed by atoms with Gasteiger partial charge >= 0.3 is 0 Å². The summed E-state index contributed by atoms with van der Waals surface area (Å²) in [4.78, 5) is 10.9. The minimum atomic E-state index is 0.358. The normalized spacial score (nSPS) is 19.8. The number of Topliss-reactive ketones (excluding diaryl/α,β-unsaturated/α-hetero) is 1. The maximum atomic E-state index is 10.9. The molecule has 0 saturated heterocycles. The smallest absolute Gasteiger partial charge is 0.133 e. The first-order valence-electron chi connectivity index (χ1n) is 5.32. The molecule has 76 valence electrons. The van der Waals surface area contributed by atoms with Crippen LogP contribution < -0.4 is 0 Å². The fourth-order valence-corrected chi connectivity index (χ4v) is 1.55. The van der Waals surface area contributed by atoms with Crippen LogP contribution in [0.15, 0.2) is 0 Å². The van der Waals surface area contributed by atoms with Crippen LogP contribution in [0.2, 0.25) is 0 Å². The zero-order valence-electron chi connectivity index (χ0n) is 8.71. The van der Waals surface area contributed by atoms with E-state index >= 15 is 0 Å². The molecule has 13 heavy (non-hydrogen) atoms. The molecule has 0 bridgehead atoms. The van der Waals surface area contributed by atoms with Crippen LogP contribution in [0, 0.1) is 5.92 Å². The Morgan fingerprint density at radius 1 is 1.38 bits per heavy atom. The van der Waals surface area contributed by atoms with Crippen LogP contribution in [0.5, 0.6) is 0 Å². The van der Waals surface area contributed by atoms with Crippen molar-refractivity contribution in [3.8, 4) is 0 Å². The largest absolute Gasteiger partial charge is 0.378 e. The number of carbonyl (C=O) groups is 1. The van der Waals surface area contributed by atoms with Gasteiger partial charge in [0.2, 0.25) is 0 Å². The molecule has 0 aromatic carbocycles. The van der Waals surface area contributed by atoms with E-state index in [0.717, 1.165) is 38.7 Å². The molecule has 0 unspecified atom stereocenters. The van der Waals surface area contributed by atoms with Crippen LogP contribution >= 0.6 is 0 Å². The second-order valence-electron chi connectivity index (χ2n) is 4.29. The first-order chi connectivity index (χ1) is 6.18. The molecule has 0 aromatic rings. The highest BCUT2D eigenvalue weighted by molar-refractivity contribution is 5.79. The molecule has 0 aliphatic heterocycles. The molecule has 0 spiro atoms. The monoisotopic (exact) mass is 184 g/mol. The summed E-state index contributed by atoms with van der Waals surface area (Å²) in [6.07, 6.45) is 4.83. The Labute approximate surface area is 80.7 Å². The van der Waals surface area contributed by atoms with E-state index < -0.39 is 0 Å². The SMILES string of the molecule is CC(C)CCOC1CCC(=O)CC1. The summed E-state index contributed by atoms with van der Waals surface area (Å²) >= 11 is 0. The van der Waals surface area contributed by atoms with E-state index in [0.29, 0.717) is 17.8 Å². The fourth-order valence-electron chi connectivity index (χ4n) is 1.55. The highest BCUT2D eigenvalue weighted by Gasteiger charge is 2.18. The van der Waals surface area contributed by atoms with Crippen molar-refractivity contribution in [1.29, 1.82) is 0 Å². The number of hydrogen-bond donors (Lipinski definition) is 0. The van der Waals surface area contributed by atoms with Crippen molar-refractivity contribution in [1.82, 2.24) is 0 Å². The molecule has 0 heterocycles. The first kappa shape index (κ1) is 10.7. The van der Waals surface area contributed by atoms with Crippen molar-refractivity contribution in [3.63, 3.8) is 0 Å². The Morgan fingerprint density at radius 2 is 2.00 bits per heavy atom. The predicted octanol–water partition coefficient (Wildman–Crippen LogP) is 2.56. The Kier molecular flexibility index (Phi) is 4.43. The third-order valence-electron chi connectivity index (χ3n) is 2.54. The van der Waals surface area contributed by atoms with Gasteiger partial charge in [0.15, 0.2) is 0 Å². The lowest BCUT2D eigenvalue weighted by atomic mass is 9.96. The number of carbonyl (C=O) groups excluding carboxylic acids is 1. The third-order valence-corrected chi connectivity index (χ3v) is 2.54. The summed E-state index contributed by atoms with van der Waals surface area (Å²) in [6, 6.07) is 0. The second-order valence-corrected chi connectivity index (χ2v) is 4.29. The van der Waals surface area contributed by atoms with E-state index in [1.54, 1.807) is 0 Å². The van der Waals surface area contributed by atoms with Crippen LogP contribution in [-0.2, 0) is 9.53 Å². The standard InChI is InChI=1S/C11H20O2/c1-9(2)7-8-13-11-5-3-10(12)4-6-11/h9,11H,3-8H2,1-2H3. The van der Waals surface area contributed by atoms with Crippen LogP contribution in [-0.4, -0.2) is 18.5 Å². The van der Waals surface area contributed by atoms with Crippen LogP contribution in [0.3, 0.4) is 0 Å². The van der Waals surface area contributed by atoms with E-state index in [-0.39, 0.29) is 0 Å². The van der Waals surface area contributed by atoms with Crippen molar-refractivity contribution in [2.24, 2.45) is 5.92 Å². The maximum absolute atomic E-state index is 10.9. The van der Waals surface area contributed by atoms with Gasteiger partial charge in [0.25, 0.3) is 0 Å². The van der Waals surface area contributed by atoms with Gasteiger partial charge in [-0.05, 0) is 25.2 Å². The van der Waals surface area contributed by atoms with Gasteiger partial charge in [-0.2, -0.15) is 0 Å². The zero-order valence-corrected chi connectivity index (χ0v) is 8.71. The summed E-state index contributed by atoms with van der Waals surface area (Å²) < 4.78 is 5.69. The highest BCUT2D eigenvalue weighted by atomic mass is 16.5. The zero-order chi connectivity index (χ0) is 9.68. The molecule has 1 fully saturated rings. The lowest BCUT2D eigenvalue weighted by Gasteiger charge is -2.21. The minimum Gasteiger partial charge on any atom is -0.378 e. The van der Waals surface area contributed by atoms with E-state index in [4.69, 9.17) is 4.74 Å². The summed E-state index contributed by atoms with van der Waals surface area (Å²) in [7, 11) is 0. The van der Waals surface area contributed by atoms with Crippen LogP contribution in [0.25, 0.3) is 0 Å². The van der Waals surface area contributed by atoms with E-state index in [2.05, 4.69) is 13.8 Å². The van der Waals surface area contributed by atoms with Crippen LogP contribution in [0.1, 0.15) is 46.0 Å². The highest BCUT2D eigenvalue weighted by Crippen LogP contribution is 2.18. The van der Waals surface area contributed by atoms with Crippen LogP contribution in [0.4, 0.5) is 0 Å². The summed E-state index contributed by atoms with van der Waals surface area (Å²) in [5.41, 5.74) is 0. The van der Waals surface area contributed by atoms with Gasteiger partial charge in [-0.15, -0.1) is 0 Å². The third kappa shape index (κ3) is 4.41. The summed E-state index contributed by atoms with van der Waals surface area (Å²) in [6.45, 7) is 5.26. The topological polar surface area (TPSA) is 26.3 Å². The lowest BCUT2D eigenvalue weighted by Crippen LogP contribution is -2.22. The summed E-state index contributed by atoms with van der Waals surface area (Å²) in [5.74, 6) is 1.12. The molecule has 1 aliphatic rings. The van der Waals surface area contributed by atoms with Crippen molar-refractivity contribution < 1.29 is 9.53 Å². The van der Waals surface area contributed by atoms with E-state index in [1.807, 2.05) is 0 Å². The Hall–Kier alpha value is -0.370. The van der Waals surface area contributed by atoms with E-state index in [9.17, 15) is 4.79 Å². The van der Waals surface area contributed by atoms with E-state index in [1.165, 1.54) is 0 Å². The number of ketones is 1. The number of rotatable bonds is 4. The minimum absolute atomic E-state index is 0.358. The van der Waals surface area contributed by atoms with Gasteiger partial charge in [-0.3, -0.25) is 4.79 Å². The second kappa shape index (κ2) is 5.38.